The van der Waals surface area contributed by atoms with Crippen molar-refractivity contribution in [3.63, 3.8) is 0 Å². The van der Waals surface area contributed by atoms with Gasteiger partial charge in [-0.25, -0.2) is 4.39 Å². The summed E-state index contributed by atoms with van der Waals surface area (Å²) in [5.74, 6) is -0.745. The summed E-state index contributed by atoms with van der Waals surface area (Å²) in [5.41, 5.74) is 2.73. The van der Waals surface area contributed by atoms with E-state index in [9.17, 15) is 14.0 Å². The Balaban J connectivity index is 1.90. The molecule has 0 aliphatic rings. The van der Waals surface area contributed by atoms with E-state index < -0.39 is 0 Å². The summed E-state index contributed by atoms with van der Waals surface area (Å²) in [5, 5.41) is 8.42. The summed E-state index contributed by atoms with van der Waals surface area (Å²) >= 11 is 0. The smallest absolute Gasteiger partial charge is 0.239 e. The predicted molar refractivity (Wildman–Crippen MR) is 92.2 cm³/mol. The number of carbonyl (C=O) groups excluding carboxylic acids is 2. The summed E-state index contributed by atoms with van der Waals surface area (Å²) in [6.45, 7) is 3.48. The molecule has 0 aliphatic heterocycles. The van der Waals surface area contributed by atoms with E-state index in [4.69, 9.17) is 0 Å². The standard InChI is InChI=1S/C18H20FN3O2/c1-12-16(8-5-9-17(12)22-13(2)23)20-11-18(24)21-10-14-6-3-4-7-15(14)19/h3-9,20H,10-11H2,1-2H3,(H,21,24)(H,22,23). The molecule has 126 valence electrons. The normalized spacial score (nSPS) is 10.1. The Bertz CT molecular complexity index is 747. The predicted octanol–water partition coefficient (Wildman–Crippen LogP) is 2.82. The van der Waals surface area contributed by atoms with Gasteiger partial charge in [0, 0.05) is 30.4 Å². The molecule has 2 aromatic rings. The number of hydrogen-bond donors (Lipinski definition) is 3. The molecule has 0 aromatic heterocycles. The van der Waals surface area contributed by atoms with Crippen molar-refractivity contribution < 1.29 is 14.0 Å². The van der Waals surface area contributed by atoms with E-state index in [0.717, 1.165) is 11.3 Å². The molecule has 2 amide bonds. The topological polar surface area (TPSA) is 70.2 Å². The maximum Gasteiger partial charge on any atom is 0.239 e. The van der Waals surface area contributed by atoms with Gasteiger partial charge in [0.1, 0.15) is 5.82 Å². The van der Waals surface area contributed by atoms with Crippen LogP contribution in [0.15, 0.2) is 42.5 Å². The highest BCUT2D eigenvalue weighted by Crippen LogP contribution is 2.23. The van der Waals surface area contributed by atoms with Crippen LogP contribution in [0, 0.1) is 12.7 Å². The SMILES string of the molecule is CC(=O)Nc1cccc(NCC(=O)NCc2ccccc2F)c1C. The highest BCUT2D eigenvalue weighted by Gasteiger charge is 2.08. The van der Waals surface area contributed by atoms with E-state index in [2.05, 4.69) is 16.0 Å². The Hall–Kier alpha value is -2.89. The molecule has 0 bridgehead atoms. The molecule has 2 rings (SSSR count). The van der Waals surface area contributed by atoms with Crippen molar-refractivity contribution in [1.29, 1.82) is 0 Å². The molecule has 5 nitrogen and oxygen atoms in total. The van der Waals surface area contributed by atoms with Crippen LogP contribution in [0.1, 0.15) is 18.1 Å². The summed E-state index contributed by atoms with van der Waals surface area (Å²) in [7, 11) is 0. The molecule has 2 aromatic carbocycles. The molecule has 0 radical (unpaired) electrons. The minimum Gasteiger partial charge on any atom is -0.376 e. The second-order valence-electron chi connectivity index (χ2n) is 5.38. The molecule has 0 unspecified atom stereocenters. The first-order valence-electron chi connectivity index (χ1n) is 7.58. The first-order chi connectivity index (χ1) is 11.5. The average molecular weight is 329 g/mol. The Morgan fingerprint density at radius 3 is 2.46 bits per heavy atom. The highest BCUT2D eigenvalue weighted by atomic mass is 19.1. The van der Waals surface area contributed by atoms with Gasteiger partial charge in [-0.2, -0.15) is 0 Å². The fraction of sp³-hybridized carbons (Fsp3) is 0.222. The van der Waals surface area contributed by atoms with Crippen molar-refractivity contribution in [3.05, 3.63) is 59.4 Å². The quantitative estimate of drug-likeness (QED) is 0.763. The summed E-state index contributed by atoms with van der Waals surface area (Å²) in [6, 6.07) is 11.7. The van der Waals surface area contributed by atoms with E-state index in [1.165, 1.54) is 13.0 Å². The lowest BCUT2D eigenvalue weighted by Gasteiger charge is -2.13. The Morgan fingerprint density at radius 1 is 1.04 bits per heavy atom. The lowest BCUT2D eigenvalue weighted by Crippen LogP contribution is -2.29. The van der Waals surface area contributed by atoms with Gasteiger partial charge in [0.05, 0.1) is 6.54 Å². The summed E-state index contributed by atoms with van der Waals surface area (Å²) in [4.78, 5) is 23.1. The van der Waals surface area contributed by atoms with Crippen LogP contribution in [0.25, 0.3) is 0 Å². The molecular weight excluding hydrogens is 309 g/mol. The molecule has 0 saturated carbocycles. The lowest BCUT2D eigenvalue weighted by atomic mass is 10.1. The number of hydrogen-bond acceptors (Lipinski definition) is 3. The molecule has 0 aliphatic carbocycles. The van der Waals surface area contributed by atoms with Crippen molar-refractivity contribution in [3.8, 4) is 0 Å². The van der Waals surface area contributed by atoms with Gasteiger partial charge in [-0.3, -0.25) is 9.59 Å². The third kappa shape index (κ3) is 4.81. The number of nitrogens with one attached hydrogen (secondary N) is 3. The van der Waals surface area contributed by atoms with Gasteiger partial charge in [-0.1, -0.05) is 24.3 Å². The molecule has 6 heteroatoms. The fourth-order valence-corrected chi connectivity index (χ4v) is 2.23. The maximum absolute atomic E-state index is 13.5. The average Bonchev–Trinajstić information content (AvgIpc) is 2.54. The lowest BCUT2D eigenvalue weighted by molar-refractivity contribution is -0.119. The zero-order chi connectivity index (χ0) is 17.5. The van der Waals surface area contributed by atoms with Crippen molar-refractivity contribution in [2.75, 3.05) is 17.2 Å². The second-order valence-corrected chi connectivity index (χ2v) is 5.38. The van der Waals surface area contributed by atoms with Crippen molar-refractivity contribution in [1.82, 2.24) is 5.32 Å². The van der Waals surface area contributed by atoms with Gasteiger partial charge in [0.25, 0.3) is 0 Å². The van der Waals surface area contributed by atoms with Crippen LogP contribution in [-0.2, 0) is 16.1 Å². The number of anilines is 2. The van der Waals surface area contributed by atoms with Gasteiger partial charge in [-0.15, -0.1) is 0 Å². The first kappa shape index (κ1) is 17.5. The molecule has 0 fully saturated rings. The van der Waals surface area contributed by atoms with Gasteiger partial charge in [0.15, 0.2) is 0 Å². The maximum atomic E-state index is 13.5. The van der Waals surface area contributed by atoms with E-state index in [1.807, 2.05) is 13.0 Å². The van der Waals surface area contributed by atoms with Crippen molar-refractivity contribution in [2.24, 2.45) is 0 Å². The van der Waals surface area contributed by atoms with Crippen LogP contribution < -0.4 is 16.0 Å². The Kier molecular flexibility index (Phi) is 5.89. The fourth-order valence-electron chi connectivity index (χ4n) is 2.23. The summed E-state index contributed by atoms with van der Waals surface area (Å²) < 4.78 is 13.5. The molecular formula is C18H20FN3O2. The molecule has 0 spiro atoms. The largest absolute Gasteiger partial charge is 0.376 e. The van der Waals surface area contributed by atoms with Gasteiger partial charge in [-0.05, 0) is 30.7 Å². The summed E-state index contributed by atoms with van der Waals surface area (Å²) in [6.07, 6.45) is 0. The third-order valence-corrected chi connectivity index (χ3v) is 3.52. The Morgan fingerprint density at radius 2 is 1.75 bits per heavy atom. The van der Waals surface area contributed by atoms with Crippen LogP contribution in [0.3, 0.4) is 0 Å². The van der Waals surface area contributed by atoms with Gasteiger partial charge in [0.2, 0.25) is 11.8 Å². The van der Waals surface area contributed by atoms with E-state index in [1.54, 1.807) is 30.3 Å². The zero-order valence-electron chi connectivity index (χ0n) is 13.7. The van der Waals surface area contributed by atoms with Crippen LogP contribution >= 0.6 is 0 Å². The van der Waals surface area contributed by atoms with E-state index in [-0.39, 0.29) is 30.7 Å². The number of carbonyl (C=O) groups is 2. The van der Waals surface area contributed by atoms with Crippen LogP contribution in [0.4, 0.5) is 15.8 Å². The van der Waals surface area contributed by atoms with E-state index >= 15 is 0 Å². The van der Waals surface area contributed by atoms with Crippen LogP contribution in [-0.4, -0.2) is 18.4 Å². The number of rotatable bonds is 6. The molecule has 3 N–H and O–H groups in total. The van der Waals surface area contributed by atoms with Crippen LogP contribution in [0.2, 0.25) is 0 Å². The van der Waals surface area contributed by atoms with Gasteiger partial charge >= 0.3 is 0 Å². The number of halogens is 1. The van der Waals surface area contributed by atoms with Gasteiger partial charge < -0.3 is 16.0 Å². The Labute approximate surface area is 140 Å². The number of benzene rings is 2. The monoisotopic (exact) mass is 329 g/mol. The first-order valence-corrected chi connectivity index (χ1v) is 7.58. The van der Waals surface area contributed by atoms with Crippen LogP contribution in [0.5, 0.6) is 0 Å². The number of amides is 2. The minimum absolute atomic E-state index is 0.0544. The third-order valence-electron chi connectivity index (χ3n) is 3.52. The molecule has 0 atom stereocenters. The van der Waals surface area contributed by atoms with E-state index in [0.29, 0.717) is 11.3 Å². The van der Waals surface area contributed by atoms with Crippen molar-refractivity contribution in [2.45, 2.75) is 20.4 Å². The molecule has 0 heterocycles. The van der Waals surface area contributed by atoms with Crippen molar-refractivity contribution >= 4 is 23.2 Å². The second kappa shape index (κ2) is 8.10. The zero-order valence-corrected chi connectivity index (χ0v) is 13.7. The molecule has 24 heavy (non-hydrogen) atoms. The minimum atomic E-state index is -0.343. The molecule has 0 saturated heterocycles. The highest BCUT2D eigenvalue weighted by molar-refractivity contribution is 5.91.